The Kier molecular flexibility index (Phi) is 4.32. The first-order valence-electron chi connectivity index (χ1n) is 4.82. The third-order valence-electron chi connectivity index (χ3n) is 2.11. The molecule has 2 aromatic rings. The van der Waals surface area contributed by atoms with Gasteiger partial charge in [0.1, 0.15) is 0 Å². The van der Waals surface area contributed by atoms with Gasteiger partial charge >= 0.3 is 0 Å². The molecule has 0 aliphatic heterocycles. The summed E-state index contributed by atoms with van der Waals surface area (Å²) in [7, 11) is 0. The van der Waals surface area contributed by atoms with Gasteiger partial charge in [0, 0.05) is 13.4 Å². The molecule has 0 unspecified atom stereocenters. The van der Waals surface area contributed by atoms with Crippen molar-refractivity contribution in [3.63, 3.8) is 0 Å². The molecule has 2 rings (SSSR count). The normalized spacial score (nSPS) is 9.94. The molecule has 1 nitrogen and oxygen atoms in total. The van der Waals surface area contributed by atoms with Crippen LogP contribution in [0, 0.1) is 14.9 Å². The third-order valence-corrected chi connectivity index (χ3v) is 4.28. The molecule has 17 heavy (non-hydrogen) atoms. The number of halogens is 2. The summed E-state index contributed by atoms with van der Waals surface area (Å²) in [6.45, 7) is 0. The number of hydrogen-bond acceptors (Lipinski definition) is 2. The van der Waals surface area contributed by atoms with Crippen LogP contribution in [0.4, 0.5) is 0 Å². The number of nitrogens with zero attached hydrogens (tertiary/aromatic N) is 1. The van der Waals surface area contributed by atoms with E-state index in [1.54, 1.807) is 11.8 Å². The van der Waals surface area contributed by atoms with Gasteiger partial charge in [-0.05, 0) is 65.1 Å². The Balaban J connectivity index is 2.23. The maximum atomic E-state index is 8.71. The van der Waals surface area contributed by atoms with Gasteiger partial charge in [0.2, 0.25) is 0 Å². The van der Waals surface area contributed by atoms with Crippen molar-refractivity contribution in [1.82, 2.24) is 0 Å². The fraction of sp³-hybridized carbons (Fsp3) is 0. The minimum Gasteiger partial charge on any atom is -0.192 e. The molecule has 0 aliphatic rings. The maximum absolute atomic E-state index is 8.71. The van der Waals surface area contributed by atoms with Gasteiger partial charge in [-0.15, -0.1) is 0 Å². The molecule has 0 aliphatic carbocycles. The highest BCUT2D eigenvalue weighted by atomic mass is 127. The molecule has 0 amide bonds. The van der Waals surface area contributed by atoms with Crippen LogP contribution in [0.15, 0.2) is 52.3 Å². The van der Waals surface area contributed by atoms with Gasteiger partial charge in [-0.25, -0.2) is 0 Å². The fourth-order valence-electron chi connectivity index (χ4n) is 1.28. The Hall–Kier alpha value is -0.700. The number of benzene rings is 2. The Labute approximate surface area is 123 Å². The zero-order chi connectivity index (χ0) is 12.3. The minimum atomic E-state index is 0.669. The van der Waals surface area contributed by atoms with E-state index in [0.29, 0.717) is 5.56 Å². The SMILES string of the molecule is N#Cc1ccc(Sc2ccc(I)cc2Cl)cc1. The molecule has 0 aromatic heterocycles. The molecule has 0 spiro atoms. The van der Waals surface area contributed by atoms with E-state index in [1.807, 2.05) is 42.5 Å². The van der Waals surface area contributed by atoms with Crippen LogP contribution in [0.1, 0.15) is 5.56 Å². The summed E-state index contributed by atoms with van der Waals surface area (Å²) in [5, 5.41) is 9.47. The van der Waals surface area contributed by atoms with Gasteiger partial charge in [-0.2, -0.15) is 5.26 Å². The summed E-state index contributed by atoms with van der Waals surface area (Å²) >= 11 is 9.99. The van der Waals surface area contributed by atoms with Gasteiger partial charge in [-0.1, -0.05) is 23.4 Å². The van der Waals surface area contributed by atoms with Crippen molar-refractivity contribution in [2.75, 3.05) is 0 Å². The lowest BCUT2D eigenvalue weighted by Gasteiger charge is -2.04. The van der Waals surface area contributed by atoms with E-state index in [4.69, 9.17) is 16.9 Å². The van der Waals surface area contributed by atoms with E-state index in [2.05, 4.69) is 28.7 Å². The monoisotopic (exact) mass is 371 g/mol. The van der Waals surface area contributed by atoms with Crippen molar-refractivity contribution in [3.05, 3.63) is 56.6 Å². The predicted molar refractivity (Wildman–Crippen MR) is 79.4 cm³/mol. The molecule has 0 saturated carbocycles. The lowest BCUT2D eigenvalue weighted by molar-refractivity contribution is 1.38. The van der Waals surface area contributed by atoms with Crippen LogP contribution in [-0.4, -0.2) is 0 Å². The van der Waals surface area contributed by atoms with Crippen molar-refractivity contribution in [3.8, 4) is 6.07 Å². The van der Waals surface area contributed by atoms with Crippen LogP contribution in [-0.2, 0) is 0 Å². The fourth-order valence-corrected chi connectivity index (χ4v) is 3.07. The summed E-state index contributed by atoms with van der Waals surface area (Å²) < 4.78 is 1.12. The second-order valence-corrected chi connectivity index (χ2v) is 6.08. The largest absolute Gasteiger partial charge is 0.192 e. The van der Waals surface area contributed by atoms with Crippen molar-refractivity contribution in [2.24, 2.45) is 0 Å². The third kappa shape index (κ3) is 3.38. The second-order valence-electron chi connectivity index (χ2n) is 3.31. The predicted octanol–water partition coefficient (Wildman–Crippen LogP) is 4.97. The molecule has 2 aromatic carbocycles. The lowest BCUT2D eigenvalue weighted by atomic mass is 10.2. The van der Waals surface area contributed by atoms with Crippen molar-refractivity contribution < 1.29 is 0 Å². The lowest BCUT2D eigenvalue weighted by Crippen LogP contribution is -1.79. The number of nitriles is 1. The van der Waals surface area contributed by atoms with Gasteiger partial charge in [0.15, 0.2) is 0 Å². The Morgan fingerprint density at radius 1 is 1.12 bits per heavy atom. The first-order chi connectivity index (χ1) is 8.19. The van der Waals surface area contributed by atoms with Crippen molar-refractivity contribution >= 4 is 46.0 Å². The molecule has 0 radical (unpaired) electrons. The maximum Gasteiger partial charge on any atom is 0.0991 e. The van der Waals surface area contributed by atoms with E-state index >= 15 is 0 Å². The molecule has 4 heteroatoms. The second kappa shape index (κ2) is 5.76. The van der Waals surface area contributed by atoms with E-state index in [0.717, 1.165) is 18.4 Å². The quantitative estimate of drug-likeness (QED) is 0.696. The zero-order valence-corrected chi connectivity index (χ0v) is 12.4. The van der Waals surface area contributed by atoms with Gasteiger partial charge in [-0.3, -0.25) is 0 Å². The minimum absolute atomic E-state index is 0.669. The molecule has 0 atom stereocenters. The number of rotatable bonds is 2. The first kappa shape index (κ1) is 12.7. The highest BCUT2D eigenvalue weighted by molar-refractivity contribution is 14.1. The van der Waals surface area contributed by atoms with E-state index < -0.39 is 0 Å². The Morgan fingerprint density at radius 2 is 1.82 bits per heavy atom. The van der Waals surface area contributed by atoms with Crippen LogP contribution in [0.25, 0.3) is 0 Å². The summed E-state index contributed by atoms with van der Waals surface area (Å²) in [6.07, 6.45) is 0. The summed E-state index contributed by atoms with van der Waals surface area (Å²) in [6, 6.07) is 15.5. The topological polar surface area (TPSA) is 23.8 Å². The van der Waals surface area contributed by atoms with Gasteiger partial charge < -0.3 is 0 Å². The zero-order valence-electron chi connectivity index (χ0n) is 8.65. The first-order valence-corrected chi connectivity index (χ1v) is 7.09. The van der Waals surface area contributed by atoms with Gasteiger partial charge in [0.25, 0.3) is 0 Å². The van der Waals surface area contributed by atoms with Crippen LogP contribution >= 0.6 is 46.0 Å². The molecular formula is C13H7ClINS. The average Bonchev–Trinajstić information content (AvgIpc) is 2.34. The molecule has 84 valence electrons. The number of hydrogen-bond donors (Lipinski definition) is 0. The molecule has 0 saturated heterocycles. The smallest absolute Gasteiger partial charge is 0.0991 e. The van der Waals surface area contributed by atoms with Crippen LogP contribution in [0.2, 0.25) is 5.02 Å². The molecule has 0 N–H and O–H groups in total. The molecular weight excluding hydrogens is 365 g/mol. The molecule has 0 fully saturated rings. The van der Waals surface area contributed by atoms with Crippen LogP contribution < -0.4 is 0 Å². The molecule has 0 heterocycles. The average molecular weight is 372 g/mol. The highest BCUT2D eigenvalue weighted by Crippen LogP contribution is 2.34. The van der Waals surface area contributed by atoms with E-state index in [-0.39, 0.29) is 0 Å². The Bertz CT molecular complexity index is 575. The summed E-state index contributed by atoms with van der Waals surface area (Å²) in [4.78, 5) is 2.10. The highest BCUT2D eigenvalue weighted by Gasteiger charge is 2.03. The van der Waals surface area contributed by atoms with Crippen LogP contribution in [0.5, 0.6) is 0 Å². The van der Waals surface area contributed by atoms with Gasteiger partial charge in [0.05, 0.1) is 16.7 Å². The van der Waals surface area contributed by atoms with Crippen molar-refractivity contribution in [1.29, 1.82) is 5.26 Å². The van der Waals surface area contributed by atoms with E-state index in [1.165, 1.54) is 0 Å². The van der Waals surface area contributed by atoms with Crippen molar-refractivity contribution in [2.45, 2.75) is 9.79 Å². The summed E-state index contributed by atoms with van der Waals surface area (Å²) in [5.74, 6) is 0. The van der Waals surface area contributed by atoms with Crippen LogP contribution in [0.3, 0.4) is 0 Å². The Morgan fingerprint density at radius 3 is 2.41 bits per heavy atom. The summed E-state index contributed by atoms with van der Waals surface area (Å²) in [5.41, 5.74) is 0.669. The molecule has 0 bridgehead atoms. The van der Waals surface area contributed by atoms with E-state index in [9.17, 15) is 0 Å². The standard InChI is InChI=1S/C13H7ClINS/c14-12-7-10(15)3-6-13(12)17-11-4-1-9(8-16)2-5-11/h1-7H.